The normalized spacial score (nSPS) is 16.9. The van der Waals surface area contributed by atoms with Crippen LogP contribution in [-0.4, -0.2) is 9.97 Å². The summed E-state index contributed by atoms with van der Waals surface area (Å²) in [6.45, 7) is 0. The molecule has 1 saturated carbocycles. The third kappa shape index (κ3) is 3.21. The van der Waals surface area contributed by atoms with E-state index in [9.17, 15) is 13.2 Å². The lowest BCUT2D eigenvalue weighted by molar-refractivity contribution is -0.141. The lowest BCUT2D eigenvalue weighted by Crippen LogP contribution is -2.27. The smallest absolute Gasteiger partial charge is 0.347 e. The number of anilines is 1. The lowest BCUT2D eigenvalue weighted by atomic mass is 9.77. The van der Waals surface area contributed by atoms with E-state index in [1.807, 2.05) is 30.3 Å². The molecule has 22 heavy (non-hydrogen) atoms. The maximum absolute atomic E-state index is 12.7. The highest BCUT2D eigenvalue weighted by atomic mass is 19.4. The number of halogens is 3. The lowest BCUT2D eigenvalue weighted by Gasteiger charge is -2.34. The molecule has 116 valence electrons. The first kappa shape index (κ1) is 14.8. The Morgan fingerprint density at radius 2 is 1.82 bits per heavy atom. The first-order valence-corrected chi connectivity index (χ1v) is 7.26. The molecule has 0 radical (unpaired) electrons. The fraction of sp³-hybridized carbons (Fsp3) is 0.375. The molecule has 3 rings (SSSR count). The number of nitrogens with zero attached hydrogens (tertiary/aromatic N) is 2. The Bertz CT molecular complexity index is 624. The number of hydrogen-bond donors (Lipinski definition) is 1. The number of benzene rings is 1. The summed E-state index contributed by atoms with van der Waals surface area (Å²) >= 11 is 0. The van der Waals surface area contributed by atoms with Gasteiger partial charge in [-0.1, -0.05) is 36.8 Å². The summed E-state index contributed by atoms with van der Waals surface area (Å²) < 4.78 is 38.2. The quantitative estimate of drug-likeness (QED) is 0.907. The molecule has 0 bridgehead atoms. The summed E-state index contributed by atoms with van der Waals surface area (Å²) in [4.78, 5) is 7.54. The van der Waals surface area contributed by atoms with Crippen LogP contribution in [0.5, 0.6) is 0 Å². The van der Waals surface area contributed by atoms with E-state index in [1.165, 1.54) is 0 Å². The van der Waals surface area contributed by atoms with E-state index in [2.05, 4.69) is 15.3 Å². The van der Waals surface area contributed by atoms with Crippen LogP contribution in [0, 0.1) is 5.92 Å². The number of hydrogen-bond acceptors (Lipinski definition) is 3. The number of alkyl halides is 3. The van der Waals surface area contributed by atoms with Gasteiger partial charge in [-0.15, -0.1) is 0 Å². The zero-order chi connectivity index (χ0) is 15.6. The maximum atomic E-state index is 12.7. The zero-order valence-corrected chi connectivity index (χ0v) is 11.8. The molecule has 1 aromatic carbocycles. The van der Waals surface area contributed by atoms with Crippen LogP contribution >= 0.6 is 0 Å². The maximum Gasteiger partial charge on any atom is 0.433 e. The van der Waals surface area contributed by atoms with Crippen LogP contribution in [0.3, 0.4) is 0 Å². The average molecular weight is 307 g/mol. The Balaban J connectivity index is 1.85. The average Bonchev–Trinajstić information content (AvgIpc) is 2.45. The van der Waals surface area contributed by atoms with Crippen molar-refractivity contribution in [2.75, 3.05) is 5.32 Å². The van der Waals surface area contributed by atoms with Gasteiger partial charge in [0, 0.05) is 6.20 Å². The van der Waals surface area contributed by atoms with Crippen LogP contribution < -0.4 is 5.32 Å². The van der Waals surface area contributed by atoms with Gasteiger partial charge in [-0.3, -0.25) is 0 Å². The molecule has 1 heterocycles. The molecule has 6 heteroatoms. The van der Waals surface area contributed by atoms with Gasteiger partial charge in [0.05, 0.1) is 6.04 Å². The Hall–Kier alpha value is -2.11. The van der Waals surface area contributed by atoms with E-state index in [0.717, 1.165) is 37.1 Å². The SMILES string of the molecule is FC(F)(F)c1ccnc(NC(c2ccccc2)C2CCC2)n1. The second kappa shape index (κ2) is 5.94. The van der Waals surface area contributed by atoms with Crippen molar-refractivity contribution in [2.24, 2.45) is 5.92 Å². The Morgan fingerprint density at radius 3 is 2.41 bits per heavy atom. The Morgan fingerprint density at radius 1 is 1.09 bits per heavy atom. The highest BCUT2D eigenvalue weighted by molar-refractivity contribution is 5.34. The van der Waals surface area contributed by atoms with Crippen molar-refractivity contribution in [1.82, 2.24) is 9.97 Å². The van der Waals surface area contributed by atoms with Crippen molar-refractivity contribution in [3.8, 4) is 0 Å². The minimum Gasteiger partial charge on any atom is -0.347 e. The molecule has 1 aliphatic carbocycles. The van der Waals surface area contributed by atoms with E-state index in [1.54, 1.807) is 0 Å². The van der Waals surface area contributed by atoms with E-state index < -0.39 is 11.9 Å². The summed E-state index contributed by atoms with van der Waals surface area (Å²) in [5.74, 6) is 0.427. The molecule has 1 fully saturated rings. The second-order valence-corrected chi connectivity index (χ2v) is 5.49. The Labute approximate surface area is 126 Å². The molecule has 1 atom stereocenters. The first-order chi connectivity index (χ1) is 10.5. The van der Waals surface area contributed by atoms with Crippen LogP contribution in [0.15, 0.2) is 42.6 Å². The predicted molar refractivity (Wildman–Crippen MR) is 77.2 cm³/mol. The highest BCUT2D eigenvalue weighted by Crippen LogP contribution is 2.39. The summed E-state index contributed by atoms with van der Waals surface area (Å²) in [6.07, 6.45) is -0.0464. The molecular weight excluding hydrogens is 291 g/mol. The van der Waals surface area contributed by atoms with Crippen molar-refractivity contribution in [3.63, 3.8) is 0 Å². The number of nitrogens with one attached hydrogen (secondary N) is 1. The third-order valence-electron chi connectivity index (χ3n) is 4.01. The van der Waals surface area contributed by atoms with E-state index >= 15 is 0 Å². The van der Waals surface area contributed by atoms with Gasteiger partial charge >= 0.3 is 6.18 Å². The zero-order valence-electron chi connectivity index (χ0n) is 11.8. The van der Waals surface area contributed by atoms with E-state index in [-0.39, 0.29) is 12.0 Å². The fourth-order valence-electron chi connectivity index (χ4n) is 2.63. The molecule has 1 aromatic heterocycles. The molecular formula is C16H16F3N3. The standard InChI is InChI=1S/C16H16F3N3/c17-16(18,19)13-9-10-20-15(21-13)22-14(12-7-4-8-12)11-5-2-1-3-6-11/h1-3,5-6,9-10,12,14H,4,7-8H2,(H,20,21,22). The van der Waals surface area contributed by atoms with Crippen molar-refractivity contribution in [1.29, 1.82) is 0 Å². The van der Waals surface area contributed by atoms with Crippen LogP contribution in [0.2, 0.25) is 0 Å². The monoisotopic (exact) mass is 307 g/mol. The molecule has 0 amide bonds. The van der Waals surface area contributed by atoms with Gasteiger partial charge in [0.25, 0.3) is 0 Å². The molecule has 0 saturated heterocycles. The first-order valence-electron chi connectivity index (χ1n) is 7.26. The van der Waals surface area contributed by atoms with Crippen LogP contribution in [0.1, 0.15) is 36.6 Å². The summed E-state index contributed by atoms with van der Waals surface area (Å²) in [5, 5.41) is 3.09. The Kier molecular flexibility index (Phi) is 4.00. The minimum absolute atomic E-state index is 0.0237. The van der Waals surface area contributed by atoms with Crippen molar-refractivity contribution < 1.29 is 13.2 Å². The minimum atomic E-state index is -4.46. The van der Waals surface area contributed by atoms with Gasteiger partial charge in [0.2, 0.25) is 5.95 Å². The van der Waals surface area contributed by atoms with Crippen molar-refractivity contribution in [3.05, 3.63) is 53.9 Å². The molecule has 2 aromatic rings. The molecule has 0 spiro atoms. The molecule has 0 aliphatic heterocycles. The largest absolute Gasteiger partial charge is 0.433 e. The molecule has 1 N–H and O–H groups in total. The van der Waals surface area contributed by atoms with Gasteiger partial charge in [-0.25, -0.2) is 9.97 Å². The third-order valence-corrected chi connectivity index (χ3v) is 4.01. The number of aromatic nitrogens is 2. The second-order valence-electron chi connectivity index (χ2n) is 5.49. The highest BCUT2D eigenvalue weighted by Gasteiger charge is 2.34. The summed E-state index contributed by atoms with van der Waals surface area (Å²) in [5.41, 5.74) is 0.124. The van der Waals surface area contributed by atoms with Crippen molar-refractivity contribution >= 4 is 5.95 Å². The van der Waals surface area contributed by atoms with Gasteiger partial charge < -0.3 is 5.32 Å². The van der Waals surface area contributed by atoms with Crippen LogP contribution in [-0.2, 0) is 6.18 Å². The summed E-state index contributed by atoms with van der Waals surface area (Å²) in [6, 6.07) is 10.5. The van der Waals surface area contributed by atoms with Crippen LogP contribution in [0.4, 0.5) is 19.1 Å². The van der Waals surface area contributed by atoms with E-state index in [4.69, 9.17) is 0 Å². The van der Waals surface area contributed by atoms with Gasteiger partial charge in [0.15, 0.2) is 0 Å². The van der Waals surface area contributed by atoms with Crippen molar-refractivity contribution in [2.45, 2.75) is 31.5 Å². The summed E-state index contributed by atoms with van der Waals surface area (Å²) in [7, 11) is 0. The molecule has 1 aliphatic rings. The van der Waals surface area contributed by atoms with Crippen LogP contribution in [0.25, 0.3) is 0 Å². The van der Waals surface area contributed by atoms with Gasteiger partial charge in [-0.2, -0.15) is 13.2 Å². The van der Waals surface area contributed by atoms with Gasteiger partial charge in [0.1, 0.15) is 5.69 Å². The fourth-order valence-corrected chi connectivity index (χ4v) is 2.63. The predicted octanol–water partition coefficient (Wildman–Crippen LogP) is 4.45. The topological polar surface area (TPSA) is 37.8 Å². The van der Waals surface area contributed by atoms with E-state index in [0.29, 0.717) is 5.92 Å². The van der Waals surface area contributed by atoms with Gasteiger partial charge in [-0.05, 0) is 30.4 Å². The molecule has 3 nitrogen and oxygen atoms in total. The molecule has 1 unspecified atom stereocenters. The number of rotatable bonds is 4.